The van der Waals surface area contributed by atoms with E-state index in [2.05, 4.69) is 6.92 Å². The maximum absolute atomic E-state index is 10.0. The standard InChI is InChI=1S/C7H12O2S/c1-3-10-6(2)4-5-7(8)9/h4-6H,3H2,1-2H3,(H,8,9). The van der Waals surface area contributed by atoms with Crippen LogP contribution in [0.4, 0.5) is 0 Å². The Morgan fingerprint density at radius 2 is 2.40 bits per heavy atom. The average Bonchev–Trinajstić information content (AvgIpc) is 1.85. The van der Waals surface area contributed by atoms with E-state index < -0.39 is 5.97 Å². The highest BCUT2D eigenvalue weighted by molar-refractivity contribution is 8.00. The SMILES string of the molecule is CCSC(C)C=CC(=O)O. The summed E-state index contributed by atoms with van der Waals surface area (Å²) in [6, 6.07) is 0. The third kappa shape index (κ3) is 5.69. The molecule has 3 heteroatoms. The summed E-state index contributed by atoms with van der Waals surface area (Å²) in [5, 5.41) is 8.54. The molecule has 0 aliphatic rings. The highest BCUT2D eigenvalue weighted by Gasteiger charge is 1.94. The molecule has 0 radical (unpaired) electrons. The van der Waals surface area contributed by atoms with Gasteiger partial charge in [0.1, 0.15) is 0 Å². The van der Waals surface area contributed by atoms with Crippen LogP contribution in [-0.2, 0) is 4.79 Å². The molecular formula is C7H12O2S. The number of carbonyl (C=O) groups is 1. The lowest BCUT2D eigenvalue weighted by Gasteiger charge is -2.00. The van der Waals surface area contributed by atoms with Gasteiger partial charge in [0, 0.05) is 11.3 Å². The lowest BCUT2D eigenvalue weighted by atomic mass is 10.4. The summed E-state index contributed by atoms with van der Waals surface area (Å²) in [4.78, 5) is 10.0. The summed E-state index contributed by atoms with van der Waals surface area (Å²) < 4.78 is 0. The van der Waals surface area contributed by atoms with Crippen molar-refractivity contribution in [1.29, 1.82) is 0 Å². The predicted octanol–water partition coefficient (Wildman–Crippen LogP) is 1.77. The van der Waals surface area contributed by atoms with Gasteiger partial charge in [-0.05, 0) is 12.7 Å². The number of hydrogen-bond acceptors (Lipinski definition) is 2. The zero-order chi connectivity index (χ0) is 7.98. The molecule has 0 aliphatic carbocycles. The van der Waals surface area contributed by atoms with E-state index in [1.807, 2.05) is 6.92 Å². The monoisotopic (exact) mass is 160 g/mol. The van der Waals surface area contributed by atoms with Crippen LogP contribution in [0.2, 0.25) is 0 Å². The molecule has 0 saturated heterocycles. The second-order valence-electron chi connectivity index (χ2n) is 1.86. The van der Waals surface area contributed by atoms with Crippen LogP contribution in [0.25, 0.3) is 0 Å². The van der Waals surface area contributed by atoms with Crippen molar-refractivity contribution in [3.05, 3.63) is 12.2 Å². The third-order valence-electron chi connectivity index (χ3n) is 0.939. The Hall–Kier alpha value is -0.440. The van der Waals surface area contributed by atoms with Gasteiger partial charge in [-0.1, -0.05) is 13.0 Å². The number of carboxylic acid groups (broad SMARTS) is 1. The number of carboxylic acids is 1. The molecule has 0 rings (SSSR count). The van der Waals surface area contributed by atoms with Crippen LogP contribution in [0.1, 0.15) is 13.8 Å². The summed E-state index contributed by atoms with van der Waals surface area (Å²) in [5.41, 5.74) is 0. The smallest absolute Gasteiger partial charge is 0.328 e. The van der Waals surface area contributed by atoms with Crippen LogP contribution < -0.4 is 0 Å². The summed E-state index contributed by atoms with van der Waals surface area (Å²) >= 11 is 1.72. The van der Waals surface area contributed by atoms with E-state index in [9.17, 15) is 4.79 Å². The normalized spacial score (nSPS) is 13.8. The van der Waals surface area contributed by atoms with Crippen LogP contribution in [0.3, 0.4) is 0 Å². The largest absolute Gasteiger partial charge is 0.478 e. The average molecular weight is 160 g/mol. The molecule has 0 heterocycles. The van der Waals surface area contributed by atoms with Gasteiger partial charge in [-0.15, -0.1) is 0 Å². The molecule has 0 aromatic heterocycles. The Labute approximate surface area is 65.3 Å². The number of aliphatic carboxylic acids is 1. The number of rotatable bonds is 4. The van der Waals surface area contributed by atoms with E-state index >= 15 is 0 Å². The zero-order valence-corrected chi connectivity index (χ0v) is 7.02. The van der Waals surface area contributed by atoms with Gasteiger partial charge in [0.05, 0.1) is 0 Å². The molecule has 0 amide bonds. The Bertz CT molecular complexity index is 132. The van der Waals surface area contributed by atoms with Crippen LogP contribution in [0, 0.1) is 0 Å². The molecule has 0 aromatic carbocycles. The van der Waals surface area contributed by atoms with Crippen molar-refractivity contribution in [3.8, 4) is 0 Å². The molecule has 1 N–H and O–H groups in total. The molecule has 0 fully saturated rings. The van der Waals surface area contributed by atoms with E-state index in [0.29, 0.717) is 5.25 Å². The van der Waals surface area contributed by atoms with Crippen LogP contribution in [0.15, 0.2) is 12.2 Å². The molecule has 1 unspecified atom stereocenters. The van der Waals surface area contributed by atoms with E-state index in [1.165, 1.54) is 6.08 Å². The Morgan fingerprint density at radius 1 is 1.80 bits per heavy atom. The molecule has 0 aliphatic heterocycles. The van der Waals surface area contributed by atoms with Gasteiger partial charge in [-0.2, -0.15) is 11.8 Å². The van der Waals surface area contributed by atoms with Gasteiger partial charge in [0.2, 0.25) is 0 Å². The van der Waals surface area contributed by atoms with Crippen LogP contribution >= 0.6 is 11.8 Å². The maximum Gasteiger partial charge on any atom is 0.328 e. The van der Waals surface area contributed by atoms with E-state index in [4.69, 9.17) is 5.11 Å². The predicted molar refractivity (Wildman–Crippen MR) is 44.4 cm³/mol. The second-order valence-corrected chi connectivity index (χ2v) is 3.51. The van der Waals surface area contributed by atoms with Gasteiger partial charge >= 0.3 is 5.97 Å². The Morgan fingerprint density at radius 3 is 2.80 bits per heavy atom. The van der Waals surface area contributed by atoms with Gasteiger partial charge in [-0.25, -0.2) is 4.79 Å². The first-order chi connectivity index (χ1) is 4.66. The fourth-order valence-electron chi connectivity index (χ4n) is 0.536. The van der Waals surface area contributed by atoms with E-state index in [1.54, 1.807) is 17.8 Å². The molecule has 58 valence electrons. The third-order valence-corrected chi connectivity index (χ3v) is 1.96. The first-order valence-corrected chi connectivity index (χ1v) is 4.24. The first kappa shape index (κ1) is 9.56. The fraction of sp³-hybridized carbons (Fsp3) is 0.571. The lowest BCUT2D eigenvalue weighted by Crippen LogP contribution is -1.93. The van der Waals surface area contributed by atoms with Crippen LogP contribution in [-0.4, -0.2) is 22.1 Å². The maximum atomic E-state index is 10.0. The summed E-state index contributed by atoms with van der Waals surface area (Å²) in [5.74, 6) is 0.147. The Balaban J connectivity index is 3.55. The second kappa shape index (κ2) is 5.35. The quantitative estimate of drug-likeness (QED) is 0.637. The van der Waals surface area contributed by atoms with Crippen molar-refractivity contribution >= 4 is 17.7 Å². The molecule has 0 bridgehead atoms. The van der Waals surface area contributed by atoms with E-state index in [-0.39, 0.29) is 0 Å². The lowest BCUT2D eigenvalue weighted by molar-refractivity contribution is -0.131. The first-order valence-electron chi connectivity index (χ1n) is 3.19. The van der Waals surface area contributed by atoms with Gasteiger partial charge in [-0.3, -0.25) is 0 Å². The molecule has 1 atom stereocenters. The number of thioether (sulfide) groups is 1. The summed E-state index contributed by atoms with van der Waals surface area (Å²) in [6.45, 7) is 4.03. The topological polar surface area (TPSA) is 37.3 Å². The molecule has 0 aromatic rings. The fourth-order valence-corrected chi connectivity index (χ4v) is 1.25. The van der Waals surface area contributed by atoms with Crippen molar-refractivity contribution in [2.24, 2.45) is 0 Å². The molecule has 2 nitrogen and oxygen atoms in total. The highest BCUT2D eigenvalue weighted by Crippen LogP contribution is 2.09. The van der Waals surface area contributed by atoms with Crippen molar-refractivity contribution in [1.82, 2.24) is 0 Å². The van der Waals surface area contributed by atoms with Crippen molar-refractivity contribution in [3.63, 3.8) is 0 Å². The minimum atomic E-state index is -0.872. The zero-order valence-electron chi connectivity index (χ0n) is 6.20. The number of hydrogen-bond donors (Lipinski definition) is 1. The molecule has 0 spiro atoms. The van der Waals surface area contributed by atoms with Crippen molar-refractivity contribution in [2.75, 3.05) is 5.75 Å². The summed E-state index contributed by atoms with van der Waals surface area (Å²) in [6.07, 6.45) is 2.88. The molecular weight excluding hydrogens is 148 g/mol. The van der Waals surface area contributed by atoms with Gasteiger partial charge < -0.3 is 5.11 Å². The minimum Gasteiger partial charge on any atom is -0.478 e. The summed E-state index contributed by atoms with van der Waals surface area (Å²) in [7, 11) is 0. The highest BCUT2D eigenvalue weighted by atomic mass is 32.2. The van der Waals surface area contributed by atoms with Crippen LogP contribution in [0.5, 0.6) is 0 Å². The van der Waals surface area contributed by atoms with E-state index in [0.717, 1.165) is 5.75 Å². The Kier molecular flexibility index (Phi) is 5.12. The van der Waals surface area contributed by atoms with Crippen molar-refractivity contribution in [2.45, 2.75) is 19.1 Å². The molecule has 10 heavy (non-hydrogen) atoms. The van der Waals surface area contributed by atoms with Gasteiger partial charge in [0.25, 0.3) is 0 Å². The minimum absolute atomic E-state index is 0.307. The molecule has 0 saturated carbocycles. The van der Waals surface area contributed by atoms with Gasteiger partial charge in [0.15, 0.2) is 0 Å². The van der Waals surface area contributed by atoms with Crippen molar-refractivity contribution < 1.29 is 9.90 Å².